The largest absolute Gasteiger partial charge is 0.469 e. The first-order valence-corrected chi connectivity index (χ1v) is 6.12. The van der Waals surface area contributed by atoms with Crippen LogP contribution in [0.15, 0.2) is 18.2 Å². The third kappa shape index (κ3) is 2.49. The van der Waals surface area contributed by atoms with E-state index in [1.165, 1.54) is 19.2 Å². The van der Waals surface area contributed by atoms with E-state index < -0.39 is 0 Å². The minimum Gasteiger partial charge on any atom is -0.469 e. The molecule has 1 aromatic carbocycles. The summed E-state index contributed by atoms with van der Waals surface area (Å²) in [5.41, 5.74) is 0.804. The number of likely N-dealkylation sites (tertiary alicyclic amines) is 1. The second kappa shape index (κ2) is 5.24. The second-order valence-electron chi connectivity index (χ2n) is 4.62. The number of carbonyl (C=O) groups excluding carboxylic acids is 1. The van der Waals surface area contributed by atoms with Gasteiger partial charge in [-0.25, -0.2) is 4.39 Å². The van der Waals surface area contributed by atoms with E-state index in [2.05, 4.69) is 0 Å². The van der Waals surface area contributed by atoms with Crippen molar-refractivity contribution in [1.29, 1.82) is 0 Å². The quantitative estimate of drug-likeness (QED) is 0.773. The highest BCUT2D eigenvalue weighted by molar-refractivity contribution is 6.31. The monoisotopic (exact) mass is 271 g/mol. The van der Waals surface area contributed by atoms with Crippen LogP contribution in [0.5, 0.6) is 0 Å². The average molecular weight is 272 g/mol. The van der Waals surface area contributed by atoms with Gasteiger partial charge in [-0.1, -0.05) is 17.7 Å². The predicted molar refractivity (Wildman–Crippen MR) is 67.2 cm³/mol. The molecule has 0 radical (unpaired) electrons. The molecule has 0 bridgehead atoms. The van der Waals surface area contributed by atoms with Gasteiger partial charge < -0.3 is 9.64 Å². The molecule has 0 N–H and O–H groups in total. The molecule has 3 nitrogen and oxygen atoms in total. The van der Waals surface area contributed by atoms with Crippen molar-refractivity contribution in [2.24, 2.45) is 5.92 Å². The number of ether oxygens (including phenoxy) is 1. The summed E-state index contributed by atoms with van der Waals surface area (Å²) in [6.45, 7) is 1.34. The van der Waals surface area contributed by atoms with Gasteiger partial charge in [0.25, 0.3) is 0 Å². The molecule has 2 atom stereocenters. The molecule has 1 aliphatic heterocycles. The molecule has 1 heterocycles. The molecule has 98 valence electrons. The number of likely N-dealkylation sites (N-methyl/N-ethyl adjacent to an activating group) is 1. The molecule has 0 aromatic heterocycles. The van der Waals surface area contributed by atoms with Crippen LogP contribution in [-0.2, 0) is 9.53 Å². The Hall–Kier alpha value is -1.13. The highest BCUT2D eigenvalue weighted by atomic mass is 35.5. The smallest absolute Gasteiger partial charge is 0.310 e. The Morgan fingerprint density at radius 2 is 2.22 bits per heavy atom. The molecule has 1 aromatic rings. The van der Waals surface area contributed by atoms with Crippen molar-refractivity contribution in [2.75, 3.05) is 27.2 Å². The van der Waals surface area contributed by atoms with E-state index >= 15 is 0 Å². The zero-order valence-corrected chi connectivity index (χ0v) is 11.1. The molecule has 0 spiro atoms. The van der Waals surface area contributed by atoms with Gasteiger partial charge in [0.1, 0.15) is 5.82 Å². The Balaban J connectivity index is 2.32. The highest BCUT2D eigenvalue weighted by Crippen LogP contribution is 2.36. The first-order valence-electron chi connectivity index (χ1n) is 5.74. The van der Waals surface area contributed by atoms with E-state index in [4.69, 9.17) is 16.3 Å². The lowest BCUT2D eigenvalue weighted by Crippen LogP contribution is -2.23. The van der Waals surface area contributed by atoms with Crippen LogP contribution in [0.25, 0.3) is 0 Å². The van der Waals surface area contributed by atoms with Crippen molar-refractivity contribution in [1.82, 2.24) is 4.90 Å². The third-order valence-corrected chi connectivity index (χ3v) is 3.70. The lowest BCUT2D eigenvalue weighted by molar-refractivity contribution is -0.145. The SMILES string of the molecule is COC(=O)C1CN(C)CC1c1ccc(F)cc1Cl. The molecule has 0 amide bonds. The minimum atomic E-state index is -0.371. The van der Waals surface area contributed by atoms with Crippen LogP contribution in [-0.4, -0.2) is 38.1 Å². The summed E-state index contributed by atoms with van der Waals surface area (Å²) in [4.78, 5) is 13.8. The van der Waals surface area contributed by atoms with Crippen molar-refractivity contribution in [2.45, 2.75) is 5.92 Å². The maximum Gasteiger partial charge on any atom is 0.310 e. The van der Waals surface area contributed by atoms with E-state index in [1.54, 1.807) is 6.07 Å². The minimum absolute atomic E-state index is 0.0458. The summed E-state index contributed by atoms with van der Waals surface area (Å²) >= 11 is 6.06. The molecule has 0 aliphatic carbocycles. The van der Waals surface area contributed by atoms with Crippen LogP contribution in [0.3, 0.4) is 0 Å². The van der Waals surface area contributed by atoms with E-state index in [9.17, 15) is 9.18 Å². The zero-order valence-electron chi connectivity index (χ0n) is 10.3. The van der Waals surface area contributed by atoms with Gasteiger partial charge in [-0.05, 0) is 24.7 Å². The summed E-state index contributed by atoms with van der Waals surface area (Å²) in [5, 5.41) is 0.365. The van der Waals surface area contributed by atoms with Gasteiger partial charge in [0, 0.05) is 24.0 Å². The van der Waals surface area contributed by atoms with Crippen molar-refractivity contribution in [3.63, 3.8) is 0 Å². The van der Waals surface area contributed by atoms with E-state index in [1.807, 2.05) is 11.9 Å². The predicted octanol–water partition coefficient (Wildman–Crippen LogP) is 2.30. The topological polar surface area (TPSA) is 29.5 Å². The average Bonchev–Trinajstić information content (AvgIpc) is 2.70. The lowest BCUT2D eigenvalue weighted by Gasteiger charge is -2.17. The molecule has 2 unspecified atom stereocenters. The number of hydrogen-bond donors (Lipinski definition) is 0. The van der Waals surface area contributed by atoms with Gasteiger partial charge in [-0.15, -0.1) is 0 Å². The molecule has 18 heavy (non-hydrogen) atoms. The maximum absolute atomic E-state index is 13.0. The van der Waals surface area contributed by atoms with Crippen LogP contribution in [0.4, 0.5) is 4.39 Å². The Labute approximate surface area is 110 Å². The fourth-order valence-electron chi connectivity index (χ4n) is 2.51. The summed E-state index contributed by atoms with van der Waals surface area (Å²) in [6.07, 6.45) is 0. The van der Waals surface area contributed by atoms with Crippen LogP contribution in [0.2, 0.25) is 5.02 Å². The Morgan fingerprint density at radius 3 is 2.83 bits per heavy atom. The van der Waals surface area contributed by atoms with Crippen LogP contribution < -0.4 is 0 Å². The number of halogens is 2. The number of benzene rings is 1. The van der Waals surface area contributed by atoms with Crippen LogP contribution in [0.1, 0.15) is 11.5 Å². The molecule has 0 saturated carbocycles. The Bertz CT molecular complexity index is 466. The summed E-state index contributed by atoms with van der Waals surface area (Å²) in [7, 11) is 3.32. The fraction of sp³-hybridized carbons (Fsp3) is 0.462. The number of methoxy groups -OCH3 is 1. The molecule has 1 fully saturated rings. The Morgan fingerprint density at radius 1 is 1.50 bits per heavy atom. The van der Waals surface area contributed by atoms with Gasteiger partial charge >= 0.3 is 5.97 Å². The maximum atomic E-state index is 13.0. The summed E-state index contributed by atoms with van der Waals surface area (Å²) in [5.74, 6) is -0.909. The van der Waals surface area contributed by atoms with Crippen LogP contribution in [0, 0.1) is 11.7 Å². The van der Waals surface area contributed by atoms with E-state index in [0.717, 1.165) is 5.56 Å². The van der Waals surface area contributed by atoms with Gasteiger partial charge in [-0.2, -0.15) is 0 Å². The molecule has 5 heteroatoms. The number of rotatable bonds is 2. The number of nitrogens with zero attached hydrogens (tertiary/aromatic N) is 1. The first-order chi connectivity index (χ1) is 8.52. The van der Waals surface area contributed by atoms with Gasteiger partial charge in [0.2, 0.25) is 0 Å². The van der Waals surface area contributed by atoms with Gasteiger partial charge in [-0.3, -0.25) is 4.79 Å². The van der Waals surface area contributed by atoms with Crippen molar-refractivity contribution >= 4 is 17.6 Å². The molecular weight excluding hydrogens is 257 g/mol. The number of esters is 1. The van der Waals surface area contributed by atoms with E-state index in [-0.39, 0.29) is 23.6 Å². The van der Waals surface area contributed by atoms with Gasteiger partial charge in [0.15, 0.2) is 0 Å². The summed E-state index contributed by atoms with van der Waals surface area (Å²) < 4.78 is 17.9. The molecular formula is C13H15ClFNO2. The first kappa shape index (κ1) is 13.3. The van der Waals surface area contributed by atoms with E-state index in [0.29, 0.717) is 18.1 Å². The molecule has 1 saturated heterocycles. The normalized spacial score (nSPS) is 24.2. The van der Waals surface area contributed by atoms with Crippen LogP contribution >= 0.6 is 11.6 Å². The fourth-order valence-corrected chi connectivity index (χ4v) is 2.82. The zero-order chi connectivity index (χ0) is 13.3. The number of hydrogen-bond acceptors (Lipinski definition) is 3. The van der Waals surface area contributed by atoms with Crippen molar-refractivity contribution in [3.8, 4) is 0 Å². The molecule has 1 aliphatic rings. The third-order valence-electron chi connectivity index (χ3n) is 3.37. The second-order valence-corrected chi connectivity index (χ2v) is 5.03. The lowest BCUT2D eigenvalue weighted by atomic mass is 9.89. The van der Waals surface area contributed by atoms with Gasteiger partial charge in [0.05, 0.1) is 13.0 Å². The molecule has 2 rings (SSSR count). The summed E-state index contributed by atoms with van der Waals surface area (Å²) in [6, 6.07) is 4.30. The van der Waals surface area contributed by atoms with Crippen molar-refractivity contribution in [3.05, 3.63) is 34.6 Å². The standard InChI is InChI=1S/C13H15ClFNO2/c1-16-6-10(11(7-16)13(17)18-2)9-4-3-8(15)5-12(9)14/h3-5,10-11H,6-7H2,1-2H3. The van der Waals surface area contributed by atoms with Crippen molar-refractivity contribution < 1.29 is 13.9 Å². The highest BCUT2D eigenvalue weighted by Gasteiger charge is 2.38. The Kier molecular flexibility index (Phi) is 3.88. The number of carbonyl (C=O) groups is 1.